The first kappa shape index (κ1) is 21.3. The van der Waals surface area contributed by atoms with Crippen molar-refractivity contribution < 1.29 is 9.21 Å². The zero-order valence-corrected chi connectivity index (χ0v) is 17.9. The van der Waals surface area contributed by atoms with Gasteiger partial charge in [-0.25, -0.2) is 4.99 Å². The number of aliphatic imine (C=N–C) groups is 1. The first-order valence-electron chi connectivity index (χ1n) is 9.15. The molecule has 1 aliphatic rings. The van der Waals surface area contributed by atoms with Crippen LogP contribution in [0.25, 0.3) is 0 Å². The van der Waals surface area contributed by atoms with Gasteiger partial charge < -0.3 is 20.0 Å². The molecule has 0 unspecified atom stereocenters. The number of rotatable bonds is 7. The Kier molecular flexibility index (Phi) is 8.63. The maximum absolute atomic E-state index is 12.4. The molecule has 1 amide bonds. The Morgan fingerprint density at radius 3 is 2.52 bits per heavy atom. The number of nitrogens with one attached hydrogen (secondary N) is 2. The fourth-order valence-corrected chi connectivity index (χ4v) is 3.02. The molecule has 0 spiro atoms. The summed E-state index contributed by atoms with van der Waals surface area (Å²) in [5.41, 5.74) is 2.52. The van der Waals surface area contributed by atoms with Gasteiger partial charge in [0.2, 0.25) is 5.91 Å². The number of benzene rings is 1. The van der Waals surface area contributed by atoms with Crippen LogP contribution in [0.15, 0.2) is 52.1 Å². The maximum atomic E-state index is 12.4. The second-order valence-electron chi connectivity index (χ2n) is 6.32. The summed E-state index contributed by atoms with van der Waals surface area (Å²) < 4.78 is 5.29. The highest BCUT2D eigenvalue weighted by Crippen LogP contribution is 2.22. The van der Waals surface area contributed by atoms with Crippen LogP contribution in [0.3, 0.4) is 0 Å². The van der Waals surface area contributed by atoms with E-state index < -0.39 is 0 Å². The average molecular weight is 482 g/mol. The molecule has 0 saturated carbocycles. The number of carbonyl (C=O) groups is 1. The monoisotopic (exact) mass is 482 g/mol. The normalized spacial score (nSPS) is 13.1. The van der Waals surface area contributed by atoms with Crippen LogP contribution in [0.1, 0.15) is 36.7 Å². The highest BCUT2D eigenvalue weighted by molar-refractivity contribution is 14.0. The van der Waals surface area contributed by atoms with Crippen molar-refractivity contribution in [2.75, 3.05) is 13.1 Å². The molecular formula is C20H27IN4O2. The van der Waals surface area contributed by atoms with Crippen LogP contribution < -0.4 is 10.6 Å². The zero-order chi connectivity index (χ0) is 18.2. The lowest BCUT2D eigenvalue weighted by atomic mass is 10.1. The summed E-state index contributed by atoms with van der Waals surface area (Å²) >= 11 is 0. The Hall–Kier alpha value is -2.03. The molecule has 0 saturated heterocycles. The summed E-state index contributed by atoms with van der Waals surface area (Å²) in [6.45, 7) is 5.47. The Morgan fingerprint density at radius 2 is 1.89 bits per heavy atom. The Labute approximate surface area is 177 Å². The maximum Gasteiger partial charge on any atom is 0.223 e. The van der Waals surface area contributed by atoms with Crippen molar-refractivity contribution in [2.45, 2.75) is 39.4 Å². The van der Waals surface area contributed by atoms with Crippen LogP contribution >= 0.6 is 24.0 Å². The lowest BCUT2D eigenvalue weighted by molar-refractivity contribution is -0.131. The minimum Gasteiger partial charge on any atom is -0.467 e. The summed E-state index contributed by atoms with van der Waals surface area (Å²) in [6.07, 6.45) is 2.96. The zero-order valence-electron chi connectivity index (χ0n) is 15.6. The van der Waals surface area contributed by atoms with Crippen molar-refractivity contribution in [3.05, 3.63) is 59.5 Å². The third-order valence-electron chi connectivity index (χ3n) is 4.37. The van der Waals surface area contributed by atoms with Crippen molar-refractivity contribution in [2.24, 2.45) is 4.99 Å². The molecule has 0 aliphatic carbocycles. The topological polar surface area (TPSA) is 69.9 Å². The van der Waals surface area contributed by atoms with E-state index in [4.69, 9.17) is 4.42 Å². The molecule has 1 aliphatic heterocycles. The van der Waals surface area contributed by atoms with E-state index in [1.807, 2.05) is 36.1 Å². The number of nitrogens with zero attached hydrogens (tertiary/aromatic N) is 2. The number of hydrogen-bond donors (Lipinski definition) is 2. The van der Waals surface area contributed by atoms with Crippen LogP contribution in [0.2, 0.25) is 0 Å². The van der Waals surface area contributed by atoms with E-state index in [2.05, 4.69) is 27.8 Å². The van der Waals surface area contributed by atoms with Crippen LogP contribution in [0.4, 0.5) is 0 Å². The molecule has 7 heteroatoms. The predicted octanol–water partition coefficient (Wildman–Crippen LogP) is 3.28. The molecule has 27 heavy (non-hydrogen) atoms. The van der Waals surface area contributed by atoms with E-state index in [1.54, 1.807) is 6.26 Å². The van der Waals surface area contributed by atoms with Gasteiger partial charge in [0.15, 0.2) is 5.96 Å². The van der Waals surface area contributed by atoms with Gasteiger partial charge in [-0.15, -0.1) is 24.0 Å². The molecule has 0 radical (unpaired) electrons. The van der Waals surface area contributed by atoms with Crippen molar-refractivity contribution in [3.8, 4) is 0 Å². The van der Waals surface area contributed by atoms with Gasteiger partial charge in [0.05, 0.1) is 6.26 Å². The SMILES string of the molecule is CCNC(=NCc1ccco1)NCCCC(=O)N1Cc2ccccc2C1.I. The van der Waals surface area contributed by atoms with E-state index in [1.165, 1.54) is 11.1 Å². The fraction of sp³-hybridized carbons (Fsp3) is 0.400. The number of carbonyl (C=O) groups excluding carboxylic acids is 1. The van der Waals surface area contributed by atoms with Crippen LogP contribution in [0, 0.1) is 0 Å². The van der Waals surface area contributed by atoms with Crippen LogP contribution in [-0.4, -0.2) is 29.9 Å². The van der Waals surface area contributed by atoms with Gasteiger partial charge >= 0.3 is 0 Å². The second-order valence-corrected chi connectivity index (χ2v) is 6.32. The highest BCUT2D eigenvalue weighted by Gasteiger charge is 2.22. The first-order chi connectivity index (χ1) is 12.8. The van der Waals surface area contributed by atoms with Crippen molar-refractivity contribution >= 4 is 35.8 Å². The lowest BCUT2D eigenvalue weighted by Gasteiger charge is -2.16. The molecule has 1 aromatic carbocycles. The summed E-state index contributed by atoms with van der Waals surface area (Å²) in [5.74, 6) is 1.77. The van der Waals surface area contributed by atoms with Gasteiger partial charge in [0.25, 0.3) is 0 Å². The molecule has 0 atom stereocenters. The van der Waals surface area contributed by atoms with E-state index in [9.17, 15) is 4.79 Å². The van der Waals surface area contributed by atoms with Crippen LogP contribution in [-0.2, 0) is 24.4 Å². The molecule has 0 fully saturated rings. The van der Waals surface area contributed by atoms with E-state index in [0.29, 0.717) is 19.5 Å². The lowest BCUT2D eigenvalue weighted by Crippen LogP contribution is -2.38. The molecule has 3 rings (SSSR count). The molecule has 146 valence electrons. The van der Waals surface area contributed by atoms with Crippen molar-refractivity contribution in [1.29, 1.82) is 0 Å². The fourth-order valence-electron chi connectivity index (χ4n) is 3.02. The molecule has 0 bridgehead atoms. The minimum absolute atomic E-state index is 0. The van der Waals surface area contributed by atoms with Gasteiger partial charge in [-0.1, -0.05) is 24.3 Å². The molecule has 1 aromatic heterocycles. The molecule has 2 N–H and O–H groups in total. The highest BCUT2D eigenvalue weighted by atomic mass is 127. The Balaban J connectivity index is 0.00000261. The molecular weight excluding hydrogens is 455 g/mol. The third-order valence-corrected chi connectivity index (χ3v) is 4.37. The van der Waals surface area contributed by atoms with E-state index >= 15 is 0 Å². The Bertz CT molecular complexity index is 721. The van der Waals surface area contributed by atoms with Gasteiger partial charge in [0.1, 0.15) is 12.3 Å². The number of hydrogen-bond acceptors (Lipinski definition) is 3. The number of fused-ring (bicyclic) bond motifs is 1. The van der Waals surface area contributed by atoms with Gasteiger partial charge in [-0.3, -0.25) is 4.79 Å². The van der Waals surface area contributed by atoms with Crippen molar-refractivity contribution in [3.63, 3.8) is 0 Å². The van der Waals surface area contributed by atoms with Gasteiger partial charge in [-0.2, -0.15) is 0 Å². The number of furan rings is 1. The number of guanidine groups is 1. The van der Waals surface area contributed by atoms with Crippen LogP contribution in [0.5, 0.6) is 0 Å². The van der Waals surface area contributed by atoms with Gasteiger partial charge in [-0.05, 0) is 36.6 Å². The number of amides is 1. The first-order valence-corrected chi connectivity index (χ1v) is 9.15. The molecule has 2 aromatic rings. The van der Waals surface area contributed by atoms with E-state index in [0.717, 1.165) is 37.8 Å². The molecule has 6 nitrogen and oxygen atoms in total. The van der Waals surface area contributed by atoms with Gasteiger partial charge in [0, 0.05) is 32.6 Å². The molecule has 2 heterocycles. The predicted molar refractivity (Wildman–Crippen MR) is 117 cm³/mol. The summed E-state index contributed by atoms with van der Waals surface area (Å²) in [4.78, 5) is 18.8. The average Bonchev–Trinajstić information content (AvgIpc) is 3.32. The summed E-state index contributed by atoms with van der Waals surface area (Å²) in [6, 6.07) is 12.0. The quantitative estimate of drug-likeness (QED) is 0.275. The smallest absolute Gasteiger partial charge is 0.223 e. The largest absolute Gasteiger partial charge is 0.467 e. The summed E-state index contributed by atoms with van der Waals surface area (Å²) in [5, 5.41) is 6.47. The third kappa shape index (κ3) is 6.27. The van der Waals surface area contributed by atoms with Crippen molar-refractivity contribution in [1.82, 2.24) is 15.5 Å². The summed E-state index contributed by atoms with van der Waals surface area (Å²) in [7, 11) is 0. The van der Waals surface area contributed by atoms with E-state index in [-0.39, 0.29) is 29.9 Å². The minimum atomic E-state index is 0. The Morgan fingerprint density at radius 1 is 1.15 bits per heavy atom. The standard InChI is InChI=1S/C20H26N4O2.HI/c1-2-21-20(23-13-18-9-6-12-26-18)22-11-5-10-19(25)24-14-16-7-3-4-8-17(16)15-24;/h3-4,6-9,12H,2,5,10-11,13-15H2,1H3,(H2,21,22,23);1H. The second kappa shape index (κ2) is 11.0. The number of halogens is 1.